The minimum absolute atomic E-state index is 0.0835. The molecule has 1 atom stereocenters. The van der Waals surface area contributed by atoms with Crippen molar-refractivity contribution in [1.29, 1.82) is 0 Å². The highest BCUT2D eigenvalue weighted by Crippen LogP contribution is 2.16. The number of rotatable bonds is 2. The zero-order chi connectivity index (χ0) is 8.27. The van der Waals surface area contributed by atoms with Crippen LogP contribution in [0.4, 0.5) is 0 Å². The van der Waals surface area contributed by atoms with Crippen LogP contribution in [-0.2, 0) is 4.79 Å². The molecule has 0 bridgehead atoms. The van der Waals surface area contributed by atoms with Gasteiger partial charge in [0.05, 0.1) is 6.61 Å². The summed E-state index contributed by atoms with van der Waals surface area (Å²) in [6, 6.07) is 0. The number of amides is 1. The first-order valence-electron chi connectivity index (χ1n) is 4.12. The van der Waals surface area contributed by atoms with Crippen LogP contribution in [0.25, 0.3) is 0 Å². The van der Waals surface area contributed by atoms with E-state index in [4.69, 9.17) is 5.11 Å². The standard InChI is InChI=1S/C8H15NO2/c1-7-2-3-9(4-5-10)8(11)6-7/h7,10H,2-6H2,1H3. The second-order valence-corrected chi connectivity index (χ2v) is 3.20. The summed E-state index contributed by atoms with van der Waals surface area (Å²) in [5, 5.41) is 8.61. The lowest BCUT2D eigenvalue weighted by atomic mass is 9.99. The molecular formula is C8H15NO2. The predicted molar refractivity (Wildman–Crippen MR) is 42.1 cm³/mol. The second kappa shape index (κ2) is 3.72. The van der Waals surface area contributed by atoms with E-state index in [2.05, 4.69) is 6.92 Å². The van der Waals surface area contributed by atoms with E-state index in [1.807, 2.05) is 0 Å². The summed E-state index contributed by atoms with van der Waals surface area (Å²) in [7, 11) is 0. The van der Waals surface area contributed by atoms with Gasteiger partial charge in [-0.15, -0.1) is 0 Å². The number of aliphatic hydroxyl groups is 1. The van der Waals surface area contributed by atoms with Gasteiger partial charge in [-0.3, -0.25) is 4.79 Å². The maximum atomic E-state index is 11.2. The molecule has 1 saturated heterocycles. The molecule has 0 spiro atoms. The molecule has 11 heavy (non-hydrogen) atoms. The third kappa shape index (κ3) is 2.19. The van der Waals surface area contributed by atoms with Crippen LogP contribution in [0.5, 0.6) is 0 Å². The summed E-state index contributed by atoms with van der Waals surface area (Å²) in [6.45, 7) is 3.50. The highest BCUT2D eigenvalue weighted by molar-refractivity contribution is 5.77. The van der Waals surface area contributed by atoms with Crippen molar-refractivity contribution in [2.75, 3.05) is 19.7 Å². The van der Waals surface area contributed by atoms with E-state index < -0.39 is 0 Å². The zero-order valence-electron chi connectivity index (χ0n) is 6.92. The summed E-state index contributed by atoms with van der Waals surface area (Å²) >= 11 is 0. The number of hydrogen-bond donors (Lipinski definition) is 1. The number of carbonyl (C=O) groups is 1. The Morgan fingerprint density at radius 1 is 1.73 bits per heavy atom. The molecular weight excluding hydrogens is 142 g/mol. The first-order chi connectivity index (χ1) is 5.24. The van der Waals surface area contributed by atoms with Gasteiger partial charge >= 0.3 is 0 Å². The Balaban J connectivity index is 2.38. The molecule has 1 aliphatic heterocycles. The molecule has 0 radical (unpaired) electrons. The van der Waals surface area contributed by atoms with Crippen LogP contribution in [0, 0.1) is 5.92 Å². The molecule has 0 aromatic rings. The van der Waals surface area contributed by atoms with E-state index in [1.165, 1.54) is 0 Å². The van der Waals surface area contributed by atoms with E-state index in [0.717, 1.165) is 13.0 Å². The highest BCUT2D eigenvalue weighted by Gasteiger charge is 2.21. The Morgan fingerprint density at radius 2 is 2.45 bits per heavy atom. The average molecular weight is 157 g/mol. The summed E-state index contributed by atoms with van der Waals surface area (Å²) in [5.41, 5.74) is 0. The van der Waals surface area contributed by atoms with Gasteiger partial charge in [0.15, 0.2) is 0 Å². The number of nitrogens with zero attached hydrogens (tertiary/aromatic N) is 1. The summed E-state index contributed by atoms with van der Waals surface area (Å²) in [6.07, 6.45) is 1.73. The summed E-state index contributed by atoms with van der Waals surface area (Å²) in [5.74, 6) is 0.718. The summed E-state index contributed by atoms with van der Waals surface area (Å²) < 4.78 is 0. The first-order valence-corrected chi connectivity index (χ1v) is 4.12. The quantitative estimate of drug-likeness (QED) is 0.623. The number of β-amino-alcohol motifs (C(OH)–C–C–N with tert-alkyl or cyclic N) is 1. The predicted octanol–water partition coefficient (Wildman–Crippen LogP) is 0.237. The highest BCUT2D eigenvalue weighted by atomic mass is 16.3. The average Bonchev–Trinajstić information content (AvgIpc) is 1.95. The molecule has 1 rings (SSSR count). The maximum absolute atomic E-state index is 11.2. The van der Waals surface area contributed by atoms with Crippen molar-refractivity contribution in [2.24, 2.45) is 5.92 Å². The van der Waals surface area contributed by atoms with Gasteiger partial charge in [0.2, 0.25) is 5.91 Å². The molecule has 0 aromatic heterocycles. The Bertz CT molecular complexity index is 147. The van der Waals surface area contributed by atoms with Crippen LogP contribution in [0.2, 0.25) is 0 Å². The van der Waals surface area contributed by atoms with E-state index in [1.54, 1.807) is 4.90 Å². The normalized spacial score (nSPS) is 25.8. The van der Waals surface area contributed by atoms with Crippen molar-refractivity contribution < 1.29 is 9.90 Å². The number of likely N-dealkylation sites (tertiary alicyclic amines) is 1. The number of hydrogen-bond acceptors (Lipinski definition) is 2. The van der Waals surface area contributed by atoms with Crippen molar-refractivity contribution in [3.63, 3.8) is 0 Å². The van der Waals surface area contributed by atoms with Crippen LogP contribution < -0.4 is 0 Å². The van der Waals surface area contributed by atoms with Crippen LogP contribution in [0.1, 0.15) is 19.8 Å². The lowest BCUT2D eigenvalue weighted by molar-refractivity contribution is -0.135. The first kappa shape index (κ1) is 8.53. The fraction of sp³-hybridized carbons (Fsp3) is 0.875. The van der Waals surface area contributed by atoms with Gasteiger partial charge < -0.3 is 10.0 Å². The van der Waals surface area contributed by atoms with Crippen LogP contribution in [0.15, 0.2) is 0 Å². The minimum atomic E-state index is 0.0835. The molecule has 3 nitrogen and oxygen atoms in total. The molecule has 1 heterocycles. The van der Waals surface area contributed by atoms with Crippen molar-refractivity contribution in [1.82, 2.24) is 4.90 Å². The van der Waals surface area contributed by atoms with E-state index in [0.29, 0.717) is 18.9 Å². The molecule has 1 fully saturated rings. The number of piperidine rings is 1. The topological polar surface area (TPSA) is 40.5 Å². The maximum Gasteiger partial charge on any atom is 0.222 e. The SMILES string of the molecule is CC1CCN(CCO)C(=O)C1. The Kier molecular flexibility index (Phi) is 2.88. The van der Waals surface area contributed by atoms with E-state index in [-0.39, 0.29) is 12.5 Å². The van der Waals surface area contributed by atoms with Crippen molar-refractivity contribution >= 4 is 5.91 Å². The van der Waals surface area contributed by atoms with Gasteiger partial charge in [-0.2, -0.15) is 0 Å². The van der Waals surface area contributed by atoms with E-state index in [9.17, 15) is 4.79 Å². The van der Waals surface area contributed by atoms with E-state index >= 15 is 0 Å². The molecule has 1 unspecified atom stereocenters. The molecule has 64 valence electrons. The number of carbonyl (C=O) groups excluding carboxylic acids is 1. The van der Waals surface area contributed by atoms with Gasteiger partial charge in [-0.1, -0.05) is 6.92 Å². The van der Waals surface area contributed by atoms with Crippen molar-refractivity contribution in [3.8, 4) is 0 Å². The zero-order valence-corrected chi connectivity index (χ0v) is 6.92. The molecule has 0 aromatic carbocycles. The molecule has 1 aliphatic rings. The molecule has 1 N–H and O–H groups in total. The Morgan fingerprint density at radius 3 is 3.00 bits per heavy atom. The Labute approximate surface area is 67.0 Å². The molecule has 0 saturated carbocycles. The van der Waals surface area contributed by atoms with Gasteiger partial charge in [0, 0.05) is 19.5 Å². The fourth-order valence-electron chi connectivity index (χ4n) is 1.39. The number of aliphatic hydroxyl groups excluding tert-OH is 1. The third-order valence-electron chi connectivity index (χ3n) is 2.14. The Hall–Kier alpha value is -0.570. The van der Waals surface area contributed by atoms with Gasteiger partial charge in [0.1, 0.15) is 0 Å². The van der Waals surface area contributed by atoms with Gasteiger partial charge in [-0.25, -0.2) is 0 Å². The van der Waals surface area contributed by atoms with Crippen LogP contribution in [-0.4, -0.2) is 35.6 Å². The monoisotopic (exact) mass is 157 g/mol. The minimum Gasteiger partial charge on any atom is -0.395 e. The van der Waals surface area contributed by atoms with Crippen LogP contribution >= 0.6 is 0 Å². The molecule has 3 heteroatoms. The lowest BCUT2D eigenvalue weighted by Crippen LogP contribution is -2.39. The molecule has 1 amide bonds. The van der Waals surface area contributed by atoms with Crippen molar-refractivity contribution in [3.05, 3.63) is 0 Å². The van der Waals surface area contributed by atoms with Crippen LogP contribution in [0.3, 0.4) is 0 Å². The summed E-state index contributed by atoms with van der Waals surface area (Å²) in [4.78, 5) is 12.9. The van der Waals surface area contributed by atoms with Gasteiger partial charge in [0.25, 0.3) is 0 Å². The van der Waals surface area contributed by atoms with Crippen molar-refractivity contribution in [2.45, 2.75) is 19.8 Å². The largest absolute Gasteiger partial charge is 0.395 e. The lowest BCUT2D eigenvalue weighted by Gasteiger charge is -2.29. The molecule has 0 aliphatic carbocycles. The fourth-order valence-corrected chi connectivity index (χ4v) is 1.39. The second-order valence-electron chi connectivity index (χ2n) is 3.20. The smallest absolute Gasteiger partial charge is 0.222 e. The van der Waals surface area contributed by atoms with Gasteiger partial charge in [-0.05, 0) is 12.3 Å². The third-order valence-corrected chi connectivity index (χ3v) is 2.14.